The van der Waals surface area contributed by atoms with E-state index in [1.807, 2.05) is 27.1 Å². The fourth-order valence-electron chi connectivity index (χ4n) is 2.53. The molecule has 2 rings (SSSR count). The van der Waals surface area contributed by atoms with Gasteiger partial charge in [0.2, 0.25) is 0 Å². The summed E-state index contributed by atoms with van der Waals surface area (Å²) in [6, 6.07) is 10.5. The van der Waals surface area contributed by atoms with Crippen LogP contribution in [0.3, 0.4) is 0 Å². The third kappa shape index (κ3) is 5.54. The first-order chi connectivity index (χ1) is 12.0. The molecule has 0 radical (unpaired) electrons. The third-order valence-corrected chi connectivity index (χ3v) is 5.23. The minimum absolute atomic E-state index is 0.0354. The van der Waals surface area contributed by atoms with Crippen LogP contribution in [0.25, 0.3) is 0 Å². The number of thiazole rings is 1. The lowest BCUT2D eigenvalue weighted by Gasteiger charge is -2.23. The predicted octanol–water partition coefficient (Wildman–Crippen LogP) is 3.66. The molecule has 0 spiro atoms. The number of aromatic nitrogens is 1. The van der Waals surface area contributed by atoms with Crippen LogP contribution in [0.5, 0.6) is 0 Å². The maximum Gasteiger partial charge on any atom is 0.193 e. The van der Waals surface area contributed by atoms with Gasteiger partial charge in [0.15, 0.2) is 5.96 Å². The van der Waals surface area contributed by atoms with Gasteiger partial charge in [-0.3, -0.25) is 4.99 Å². The van der Waals surface area contributed by atoms with Crippen molar-refractivity contribution in [2.45, 2.75) is 32.4 Å². The minimum Gasteiger partial charge on any atom is -0.375 e. The molecule has 0 saturated heterocycles. The highest BCUT2D eigenvalue weighted by Crippen LogP contribution is 2.21. The smallest absolute Gasteiger partial charge is 0.193 e. The lowest BCUT2D eigenvalue weighted by atomic mass is 10.0. The minimum atomic E-state index is 0.0354. The van der Waals surface area contributed by atoms with E-state index in [0.29, 0.717) is 12.5 Å². The lowest BCUT2D eigenvalue weighted by molar-refractivity contribution is 0.119. The van der Waals surface area contributed by atoms with Crippen LogP contribution >= 0.6 is 11.3 Å². The molecule has 0 aliphatic rings. The Labute approximate surface area is 154 Å². The standard InChI is InChI=1S/C19H28N4OS/c1-14(16-9-7-6-8-10-16)11-21-19(20-3)23(4)12-17-13-25-18(22-17)15(2)24-5/h6-10,13-15H,11-12H2,1-5H3,(H,20,21). The summed E-state index contributed by atoms with van der Waals surface area (Å²) in [5.41, 5.74) is 2.36. The van der Waals surface area contributed by atoms with Crippen molar-refractivity contribution >= 4 is 17.3 Å². The monoisotopic (exact) mass is 360 g/mol. The van der Waals surface area contributed by atoms with E-state index in [4.69, 9.17) is 4.74 Å². The van der Waals surface area contributed by atoms with E-state index in [1.165, 1.54) is 5.56 Å². The van der Waals surface area contributed by atoms with E-state index in [2.05, 4.69) is 56.8 Å². The molecule has 0 aliphatic heterocycles. The van der Waals surface area contributed by atoms with Gasteiger partial charge in [-0.15, -0.1) is 11.3 Å². The number of aliphatic imine (C=N–C) groups is 1. The summed E-state index contributed by atoms with van der Waals surface area (Å²) in [4.78, 5) is 11.1. The Morgan fingerprint density at radius 3 is 2.68 bits per heavy atom. The van der Waals surface area contributed by atoms with Crippen molar-refractivity contribution in [2.24, 2.45) is 4.99 Å². The summed E-state index contributed by atoms with van der Waals surface area (Å²) in [5.74, 6) is 1.29. The van der Waals surface area contributed by atoms with Crippen molar-refractivity contribution < 1.29 is 4.74 Å². The Morgan fingerprint density at radius 2 is 2.04 bits per heavy atom. The fraction of sp³-hybridized carbons (Fsp3) is 0.474. The number of benzene rings is 1. The van der Waals surface area contributed by atoms with Crippen molar-refractivity contribution in [3.8, 4) is 0 Å². The quantitative estimate of drug-likeness (QED) is 0.605. The molecule has 5 nitrogen and oxygen atoms in total. The number of nitrogens with zero attached hydrogens (tertiary/aromatic N) is 3. The Morgan fingerprint density at radius 1 is 1.32 bits per heavy atom. The molecule has 0 amide bonds. The average molecular weight is 361 g/mol. The van der Waals surface area contributed by atoms with Gasteiger partial charge in [-0.1, -0.05) is 37.3 Å². The summed E-state index contributed by atoms with van der Waals surface area (Å²) in [7, 11) is 5.55. The molecule has 136 valence electrons. The number of rotatable bonds is 7. The van der Waals surface area contributed by atoms with Crippen LogP contribution in [0.1, 0.15) is 42.1 Å². The molecule has 1 aromatic heterocycles. The Hall–Kier alpha value is -1.92. The molecule has 0 fully saturated rings. The molecule has 0 aliphatic carbocycles. The number of methoxy groups -OCH3 is 1. The Kier molecular flexibility index (Phi) is 7.40. The molecule has 2 aromatic rings. The molecule has 6 heteroatoms. The number of guanidine groups is 1. The van der Waals surface area contributed by atoms with Crippen LogP contribution in [-0.2, 0) is 11.3 Å². The second-order valence-electron chi connectivity index (χ2n) is 6.15. The van der Waals surface area contributed by atoms with Gasteiger partial charge in [-0.25, -0.2) is 4.98 Å². The first kappa shape index (κ1) is 19.4. The Balaban J connectivity index is 1.90. The molecule has 1 N–H and O–H groups in total. The van der Waals surface area contributed by atoms with Gasteiger partial charge in [-0.05, 0) is 18.4 Å². The van der Waals surface area contributed by atoms with Gasteiger partial charge in [0.05, 0.1) is 12.2 Å². The zero-order valence-corrected chi connectivity index (χ0v) is 16.5. The molecule has 25 heavy (non-hydrogen) atoms. The molecule has 0 saturated carbocycles. The van der Waals surface area contributed by atoms with Gasteiger partial charge in [0.25, 0.3) is 0 Å². The zero-order valence-electron chi connectivity index (χ0n) is 15.7. The van der Waals surface area contributed by atoms with Crippen molar-refractivity contribution in [1.82, 2.24) is 15.2 Å². The molecular weight excluding hydrogens is 332 g/mol. The first-order valence-electron chi connectivity index (χ1n) is 8.49. The summed E-state index contributed by atoms with van der Waals surface area (Å²) >= 11 is 1.64. The summed E-state index contributed by atoms with van der Waals surface area (Å²) in [6.45, 7) is 5.78. The Bertz CT molecular complexity index is 671. The predicted molar refractivity (Wildman–Crippen MR) is 105 cm³/mol. The number of hydrogen-bond donors (Lipinski definition) is 1. The molecule has 2 unspecified atom stereocenters. The van der Waals surface area contributed by atoms with Crippen LogP contribution < -0.4 is 5.32 Å². The topological polar surface area (TPSA) is 49.8 Å². The van der Waals surface area contributed by atoms with E-state index < -0.39 is 0 Å². The SMILES string of the molecule is CN=C(NCC(C)c1ccccc1)N(C)Cc1csc(C(C)OC)n1. The van der Waals surface area contributed by atoms with Crippen molar-refractivity contribution in [3.63, 3.8) is 0 Å². The summed E-state index contributed by atoms with van der Waals surface area (Å²) in [5, 5.41) is 6.55. The van der Waals surface area contributed by atoms with Gasteiger partial charge in [0, 0.05) is 33.1 Å². The number of hydrogen-bond acceptors (Lipinski definition) is 4. The molecule has 1 heterocycles. The molecule has 1 aromatic carbocycles. The second kappa shape index (κ2) is 9.53. The maximum absolute atomic E-state index is 5.33. The van der Waals surface area contributed by atoms with Crippen LogP contribution in [0.2, 0.25) is 0 Å². The fourth-order valence-corrected chi connectivity index (χ4v) is 3.37. The highest BCUT2D eigenvalue weighted by atomic mass is 32.1. The van der Waals surface area contributed by atoms with Gasteiger partial charge < -0.3 is 15.0 Å². The van der Waals surface area contributed by atoms with Crippen molar-refractivity contribution in [2.75, 3.05) is 27.7 Å². The van der Waals surface area contributed by atoms with E-state index in [-0.39, 0.29) is 6.10 Å². The van der Waals surface area contributed by atoms with Crippen LogP contribution in [-0.4, -0.2) is 43.6 Å². The largest absolute Gasteiger partial charge is 0.375 e. The highest BCUT2D eigenvalue weighted by molar-refractivity contribution is 7.09. The summed E-state index contributed by atoms with van der Waals surface area (Å²) < 4.78 is 5.33. The van der Waals surface area contributed by atoms with Crippen molar-refractivity contribution in [3.05, 3.63) is 52.0 Å². The van der Waals surface area contributed by atoms with E-state index in [1.54, 1.807) is 18.4 Å². The van der Waals surface area contributed by atoms with Crippen LogP contribution in [0, 0.1) is 0 Å². The number of ether oxygens (including phenoxy) is 1. The maximum atomic E-state index is 5.33. The van der Waals surface area contributed by atoms with Crippen LogP contribution in [0.4, 0.5) is 0 Å². The first-order valence-corrected chi connectivity index (χ1v) is 9.37. The average Bonchev–Trinajstić information content (AvgIpc) is 3.10. The highest BCUT2D eigenvalue weighted by Gasteiger charge is 2.13. The molecule has 0 bridgehead atoms. The lowest BCUT2D eigenvalue weighted by Crippen LogP contribution is -2.40. The van der Waals surface area contributed by atoms with Gasteiger partial charge in [0.1, 0.15) is 11.1 Å². The normalized spacial score (nSPS) is 14.2. The van der Waals surface area contributed by atoms with Gasteiger partial charge >= 0.3 is 0 Å². The number of nitrogens with one attached hydrogen (secondary N) is 1. The summed E-state index contributed by atoms with van der Waals surface area (Å²) in [6.07, 6.45) is 0.0354. The van der Waals surface area contributed by atoms with Crippen LogP contribution in [0.15, 0.2) is 40.7 Å². The van der Waals surface area contributed by atoms with E-state index in [9.17, 15) is 0 Å². The van der Waals surface area contributed by atoms with Crippen molar-refractivity contribution in [1.29, 1.82) is 0 Å². The third-order valence-electron chi connectivity index (χ3n) is 4.18. The second-order valence-corrected chi connectivity index (χ2v) is 7.04. The van der Waals surface area contributed by atoms with E-state index >= 15 is 0 Å². The van der Waals surface area contributed by atoms with Gasteiger partial charge in [-0.2, -0.15) is 0 Å². The molecular formula is C19H28N4OS. The van der Waals surface area contributed by atoms with E-state index in [0.717, 1.165) is 23.2 Å². The molecule has 2 atom stereocenters. The zero-order chi connectivity index (χ0) is 18.2.